The van der Waals surface area contributed by atoms with Gasteiger partial charge in [0.15, 0.2) is 5.78 Å². The van der Waals surface area contributed by atoms with E-state index in [9.17, 15) is 13.8 Å². The predicted octanol–water partition coefficient (Wildman–Crippen LogP) is 3.97. The number of cyclic esters (lactones) is 1. The third-order valence-corrected chi connectivity index (χ3v) is 11.4. The van der Waals surface area contributed by atoms with Gasteiger partial charge in [-0.3, -0.25) is 13.8 Å². The average Bonchev–Trinajstić information content (AvgIpc) is 3.22. The maximum Gasteiger partial charge on any atom is 0.312 e. The zero-order valence-electron chi connectivity index (χ0n) is 17.7. The molecule has 0 radical (unpaired) electrons. The minimum atomic E-state index is -0.918. The van der Waals surface area contributed by atoms with Gasteiger partial charge in [0, 0.05) is 27.2 Å². The maximum absolute atomic E-state index is 13.2. The van der Waals surface area contributed by atoms with Crippen LogP contribution in [0.4, 0.5) is 0 Å². The first-order valence-electron chi connectivity index (χ1n) is 11.3. The molecule has 3 saturated carbocycles. The summed E-state index contributed by atoms with van der Waals surface area (Å²) < 4.78 is 18.7. The second-order valence-corrected chi connectivity index (χ2v) is 12.3. The average molecular weight is 417 g/mol. The van der Waals surface area contributed by atoms with Gasteiger partial charge in [-0.2, -0.15) is 0 Å². The number of carbonyl (C=O) groups is 2. The molecule has 5 heteroatoms. The Morgan fingerprint density at radius 3 is 2.59 bits per heavy atom. The number of rotatable bonds is 2. The molecule has 8 atom stereocenters. The van der Waals surface area contributed by atoms with Gasteiger partial charge >= 0.3 is 5.97 Å². The van der Waals surface area contributed by atoms with Crippen LogP contribution in [-0.4, -0.2) is 33.6 Å². The quantitative estimate of drug-likeness (QED) is 0.639. The highest BCUT2D eigenvalue weighted by atomic mass is 32.2. The van der Waals surface area contributed by atoms with E-state index in [1.165, 1.54) is 5.57 Å². The summed E-state index contributed by atoms with van der Waals surface area (Å²) >= 11 is 0. The molecular weight excluding hydrogens is 384 g/mol. The van der Waals surface area contributed by atoms with Crippen LogP contribution in [0.25, 0.3) is 0 Å². The minimum Gasteiger partial charge on any atom is -0.465 e. The Bertz CT molecular complexity index is 859. The van der Waals surface area contributed by atoms with E-state index in [4.69, 9.17) is 4.74 Å². The molecule has 4 fully saturated rings. The van der Waals surface area contributed by atoms with E-state index in [1.54, 1.807) is 6.08 Å². The van der Waals surface area contributed by atoms with Gasteiger partial charge in [0.25, 0.3) is 0 Å². The Balaban J connectivity index is 1.60. The first-order valence-corrected chi connectivity index (χ1v) is 12.6. The van der Waals surface area contributed by atoms with E-state index in [2.05, 4.69) is 19.9 Å². The van der Waals surface area contributed by atoms with E-state index in [0.717, 1.165) is 38.5 Å². The van der Waals surface area contributed by atoms with Gasteiger partial charge in [-0.1, -0.05) is 32.4 Å². The molecule has 6 unspecified atom stereocenters. The van der Waals surface area contributed by atoms with Gasteiger partial charge in [-0.15, -0.1) is 0 Å². The first-order chi connectivity index (χ1) is 13.8. The van der Waals surface area contributed by atoms with Crippen LogP contribution < -0.4 is 0 Å². The van der Waals surface area contributed by atoms with Crippen LogP contribution in [0.1, 0.15) is 59.3 Å². The molecule has 1 saturated heterocycles. The molecule has 4 aliphatic carbocycles. The summed E-state index contributed by atoms with van der Waals surface area (Å²) in [6.07, 6.45) is 11.2. The number of hydrogen-bond donors (Lipinski definition) is 0. The summed E-state index contributed by atoms with van der Waals surface area (Å²) in [4.78, 5) is 25.0. The van der Waals surface area contributed by atoms with Gasteiger partial charge in [-0.25, -0.2) is 0 Å². The summed E-state index contributed by atoms with van der Waals surface area (Å²) in [5, 5.41) is 0.0841. The fourth-order valence-corrected chi connectivity index (χ4v) is 9.59. The van der Waals surface area contributed by atoms with E-state index in [0.29, 0.717) is 30.1 Å². The van der Waals surface area contributed by atoms with Crippen LogP contribution in [0.3, 0.4) is 0 Å². The fourth-order valence-electron chi connectivity index (χ4n) is 8.07. The lowest BCUT2D eigenvalue weighted by Gasteiger charge is -2.60. The lowest BCUT2D eigenvalue weighted by molar-refractivity contribution is -0.156. The monoisotopic (exact) mass is 416 g/mol. The number of ketones is 1. The van der Waals surface area contributed by atoms with Gasteiger partial charge in [0.05, 0.1) is 12.0 Å². The van der Waals surface area contributed by atoms with Crippen molar-refractivity contribution in [1.82, 2.24) is 0 Å². The molecule has 0 aromatic carbocycles. The van der Waals surface area contributed by atoms with Crippen LogP contribution in [0, 0.1) is 34.0 Å². The number of ether oxygens (including phenoxy) is 1. The van der Waals surface area contributed by atoms with Crippen molar-refractivity contribution in [1.29, 1.82) is 0 Å². The highest BCUT2D eigenvalue weighted by molar-refractivity contribution is 7.85. The van der Waals surface area contributed by atoms with Crippen molar-refractivity contribution in [2.24, 2.45) is 34.0 Å². The highest BCUT2D eigenvalue weighted by Crippen LogP contribution is 2.71. The number of fused-ring (bicyclic) bond motifs is 6. The molecule has 0 amide bonds. The van der Waals surface area contributed by atoms with Gasteiger partial charge in [0.1, 0.15) is 0 Å². The topological polar surface area (TPSA) is 60.4 Å². The molecule has 1 aliphatic heterocycles. The molecule has 1 heterocycles. The molecule has 0 aromatic rings. The molecule has 0 bridgehead atoms. The second kappa shape index (κ2) is 6.38. The van der Waals surface area contributed by atoms with Gasteiger partial charge in [-0.05, 0) is 73.8 Å². The molecule has 0 N–H and O–H groups in total. The summed E-state index contributed by atoms with van der Waals surface area (Å²) in [6, 6.07) is 0. The smallest absolute Gasteiger partial charge is 0.312 e. The SMILES string of the molecule is CCS(=O)C1CC2=CC(=O)C=CC2(C)[C@H]2CCC3(C)C(CC[C@]34CCOC4=O)C12. The Morgan fingerprint density at radius 2 is 1.90 bits per heavy atom. The molecule has 1 spiro atoms. The van der Waals surface area contributed by atoms with Crippen LogP contribution in [0.5, 0.6) is 0 Å². The third kappa shape index (κ3) is 2.40. The van der Waals surface area contributed by atoms with Gasteiger partial charge < -0.3 is 4.74 Å². The standard InChI is InChI=1S/C24H32O4S/c1-4-29(27)19-14-15-13-16(25)5-8-22(15,2)17-6-9-23(3)18(20(17)19)7-10-24(23)11-12-28-21(24)26/h5,8,13,17-20H,4,6-7,9-12,14H2,1-3H3/t17-,18?,19?,20?,22?,23?,24+,29?/m0/s1. The van der Waals surface area contributed by atoms with Crippen molar-refractivity contribution in [2.75, 3.05) is 12.4 Å². The maximum atomic E-state index is 13.2. The lowest BCUT2D eigenvalue weighted by atomic mass is 9.45. The molecule has 5 aliphatic rings. The van der Waals surface area contributed by atoms with Crippen LogP contribution in [-0.2, 0) is 25.1 Å². The van der Waals surface area contributed by atoms with Gasteiger partial charge in [0.2, 0.25) is 0 Å². The van der Waals surface area contributed by atoms with Crippen LogP contribution in [0.15, 0.2) is 23.8 Å². The highest BCUT2D eigenvalue weighted by Gasteiger charge is 2.69. The zero-order chi connectivity index (χ0) is 20.6. The molecule has 4 nitrogen and oxygen atoms in total. The minimum absolute atomic E-state index is 0.0138. The van der Waals surface area contributed by atoms with Crippen molar-refractivity contribution >= 4 is 22.6 Å². The number of allylic oxidation sites excluding steroid dienone is 4. The van der Waals surface area contributed by atoms with E-state index >= 15 is 0 Å². The summed E-state index contributed by atoms with van der Waals surface area (Å²) in [5.41, 5.74) is 0.648. The van der Waals surface area contributed by atoms with Crippen LogP contribution in [0.2, 0.25) is 0 Å². The summed E-state index contributed by atoms with van der Waals surface area (Å²) in [6.45, 7) is 7.16. The van der Waals surface area contributed by atoms with E-state index in [-0.39, 0.29) is 33.2 Å². The van der Waals surface area contributed by atoms with E-state index in [1.807, 2.05) is 13.0 Å². The zero-order valence-corrected chi connectivity index (χ0v) is 18.6. The molecule has 0 aromatic heterocycles. The summed E-state index contributed by atoms with van der Waals surface area (Å²) in [7, 11) is -0.918. The molecule has 158 valence electrons. The predicted molar refractivity (Wildman–Crippen MR) is 112 cm³/mol. The Labute approximate surface area is 176 Å². The number of esters is 1. The second-order valence-electron chi connectivity index (χ2n) is 10.4. The Morgan fingerprint density at radius 1 is 1.14 bits per heavy atom. The number of hydrogen-bond acceptors (Lipinski definition) is 4. The fraction of sp³-hybridized carbons (Fsp3) is 0.750. The third-order valence-electron chi connectivity index (χ3n) is 9.70. The molecule has 5 rings (SSSR count). The molecule has 29 heavy (non-hydrogen) atoms. The largest absolute Gasteiger partial charge is 0.465 e. The normalized spacial score (nSPS) is 49.3. The van der Waals surface area contributed by atoms with Crippen LogP contribution >= 0.6 is 0 Å². The van der Waals surface area contributed by atoms with Crippen molar-refractivity contribution in [3.8, 4) is 0 Å². The Hall–Kier alpha value is -1.23. The van der Waals surface area contributed by atoms with Crippen molar-refractivity contribution < 1.29 is 18.5 Å². The Kier molecular flexibility index (Phi) is 4.34. The van der Waals surface area contributed by atoms with Crippen molar-refractivity contribution in [3.05, 3.63) is 23.8 Å². The number of carbonyl (C=O) groups excluding carboxylic acids is 2. The first kappa shape index (κ1) is 19.7. The van der Waals surface area contributed by atoms with E-state index < -0.39 is 10.8 Å². The van der Waals surface area contributed by atoms with Crippen molar-refractivity contribution in [2.45, 2.75) is 64.5 Å². The summed E-state index contributed by atoms with van der Waals surface area (Å²) in [5.74, 6) is 1.85. The molecular formula is C24H32O4S. The lowest BCUT2D eigenvalue weighted by Crippen LogP contribution is -2.57. The van der Waals surface area contributed by atoms with Crippen molar-refractivity contribution in [3.63, 3.8) is 0 Å².